The number of nitrogens with zero attached hydrogens (tertiary/aromatic N) is 3. The van der Waals surface area contributed by atoms with Crippen LogP contribution in [0.3, 0.4) is 0 Å². The maximum atomic E-state index is 13.0. The van der Waals surface area contributed by atoms with Gasteiger partial charge in [0.15, 0.2) is 0 Å². The molecule has 1 aliphatic heterocycles. The third-order valence-electron chi connectivity index (χ3n) is 5.43. The molecule has 4 rings (SSSR count). The number of amides is 1. The molecule has 1 N–H and O–H groups in total. The van der Waals surface area contributed by atoms with Crippen LogP contribution >= 0.6 is 0 Å². The highest BCUT2D eigenvalue weighted by Crippen LogP contribution is 2.27. The molecule has 1 amide bonds. The number of anilines is 1. The minimum Gasteiger partial charge on any atom is -0.506 e. The summed E-state index contributed by atoms with van der Waals surface area (Å²) < 4.78 is 11.0. The van der Waals surface area contributed by atoms with E-state index in [0.29, 0.717) is 44.1 Å². The van der Waals surface area contributed by atoms with Gasteiger partial charge in [-0.3, -0.25) is 4.79 Å². The van der Waals surface area contributed by atoms with Crippen LogP contribution in [0.15, 0.2) is 53.1 Å². The lowest BCUT2D eigenvalue weighted by Crippen LogP contribution is -2.48. The molecule has 30 heavy (non-hydrogen) atoms. The van der Waals surface area contributed by atoms with E-state index in [9.17, 15) is 9.90 Å². The van der Waals surface area contributed by atoms with Gasteiger partial charge in [0.1, 0.15) is 23.9 Å². The number of benzene rings is 2. The topological polar surface area (TPSA) is 79.0 Å². The summed E-state index contributed by atoms with van der Waals surface area (Å²) in [6, 6.07) is 14.5. The van der Waals surface area contributed by atoms with Crippen molar-refractivity contribution in [1.82, 2.24) is 10.1 Å². The second-order valence-electron chi connectivity index (χ2n) is 7.39. The number of phenolic OH excluding ortho intramolecular Hbond substituents is 1. The Morgan fingerprint density at radius 1 is 1.10 bits per heavy atom. The molecule has 0 radical (unpaired) electrons. The summed E-state index contributed by atoms with van der Waals surface area (Å²) in [5.41, 5.74) is 3.13. The molecule has 156 valence electrons. The quantitative estimate of drug-likeness (QED) is 0.697. The minimum atomic E-state index is -0.0188. The summed E-state index contributed by atoms with van der Waals surface area (Å²) in [6.45, 7) is 6.61. The van der Waals surface area contributed by atoms with E-state index in [0.717, 1.165) is 22.7 Å². The number of carbonyl (C=O) groups is 1. The van der Waals surface area contributed by atoms with Gasteiger partial charge >= 0.3 is 0 Å². The zero-order chi connectivity index (χ0) is 21.1. The number of aromatic nitrogens is 1. The molecular formula is C23H25N3O4. The molecule has 1 aliphatic rings. The zero-order valence-electron chi connectivity index (χ0n) is 17.2. The molecule has 7 heteroatoms. The van der Waals surface area contributed by atoms with E-state index < -0.39 is 0 Å². The summed E-state index contributed by atoms with van der Waals surface area (Å²) in [5, 5.41) is 14.0. The third-order valence-corrected chi connectivity index (χ3v) is 5.43. The van der Waals surface area contributed by atoms with Crippen molar-refractivity contribution < 1.29 is 19.2 Å². The Bertz CT molecular complexity index is 1020. The van der Waals surface area contributed by atoms with Crippen LogP contribution in [0.5, 0.6) is 11.5 Å². The highest BCUT2D eigenvalue weighted by Gasteiger charge is 2.23. The molecule has 0 saturated carbocycles. The number of aryl methyl sites for hydroxylation is 2. The van der Waals surface area contributed by atoms with E-state index in [2.05, 4.69) is 10.1 Å². The van der Waals surface area contributed by atoms with Gasteiger partial charge in [-0.1, -0.05) is 23.4 Å². The third kappa shape index (κ3) is 4.10. The Morgan fingerprint density at radius 2 is 1.87 bits per heavy atom. The van der Waals surface area contributed by atoms with E-state index in [1.807, 2.05) is 43.0 Å². The molecule has 1 aromatic heterocycles. The number of carbonyl (C=O) groups excluding carboxylic acids is 1. The molecule has 0 spiro atoms. The van der Waals surface area contributed by atoms with Crippen LogP contribution in [0.25, 0.3) is 0 Å². The number of hydrogen-bond donors (Lipinski definition) is 1. The molecule has 7 nitrogen and oxygen atoms in total. The predicted molar refractivity (Wildman–Crippen MR) is 113 cm³/mol. The Balaban J connectivity index is 1.38. The molecule has 0 atom stereocenters. The van der Waals surface area contributed by atoms with Crippen molar-refractivity contribution in [1.29, 1.82) is 0 Å². The Morgan fingerprint density at radius 3 is 2.57 bits per heavy atom. The molecule has 1 saturated heterocycles. The largest absolute Gasteiger partial charge is 0.506 e. The zero-order valence-corrected chi connectivity index (χ0v) is 17.2. The van der Waals surface area contributed by atoms with E-state index in [1.54, 1.807) is 24.3 Å². The van der Waals surface area contributed by atoms with Crippen molar-refractivity contribution in [2.45, 2.75) is 20.5 Å². The molecule has 1 fully saturated rings. The smallest absolute Gasteiger partial charge is 0.254 e. The van der Waals surface area contributed by atoms with Crippen molar-refractivity contribution in [3.63, 3.8) is 0 Å². The van der Waals surface area contributed by atoms with Crippen molar-refractivity contribution in [2.75, 3.05) is 31.1 Å². The molecule has 0 unspecified atom stereocenters. The predicted octanol–water partition coefficient (Wildman–Crippen LogP) is 3.54. The SMILES string of the molecule is Cc1noc(C)c1COc1cccc(C(=O)N2CCN(c3ccccc3O)CC2)c1. The van der Waals surface area contributed by atoms with Gasteiger partial charge in [0, 0.05) is 31.7 Å². The molecule has 2 heterocycles. The van der Waals surface area contributed by atoms with Crippen molar-refractivity contribution in [3.05, 3.63) is 71.1 Å². The normalized spacial score (nSPS) is 14.1. The molecule has 0 bridgehead atoms. The fourth-order valence-electron chi connectivity index (χ4n) is 3.65. The summed E-state index contributed by atoms with van der Waals surface area (Å²) in [4.78, 5) is 16.9. The number of phenols is 1. The first-order valence-electron chi connectivity index (χ1n) is 10.00. The van der Waals surface area contributed by atoms with Crippen LogP contribution in [0.2, 0.25) is 0 Å². The summed E-state index contributed by atoms with van der Waals surface area (Å²) >= 11 is 0. The van der Waals surface area contributed by atoms with E-state index in [-0.39, 0.29) is 11.7 Å². The minimum absolute atomic E-state index is 0.0188. The Labute approximate surface area is 175 Å². The molecule has 3 aromatic rings. The summed E-state index contributed by atoms with van der Waals surface area (Å²) in [5.74, 6) is 1.62. The first kappa shape index (κ1) is 19.8. The van der Waals surface area contributed by atoms with Crippen LogP contribution in [0, 0.1) is 13.8 Å². The fourth-order valence-corrected chi connectivity index (χ4v) is 3.65. The number of hydrogen-bond acceptors (Lipinski definition) is 6. The van der Waals surface area contributed by atoms with Crippen molar-refractivity contribution >= 4 is 11.6 Å². The summed E-state index contributed by atoms with van der Waals surface area (Å²) in [7, 11) is 0. The number of para-hydroxylation sites is 2. The summed E-state index contributed by atoms with van der Waals surface area (Å²) in [6.07, 6.45) is 0. The monoisotopic (exact) mass is 407 g/mol. The fraction of sp³-hybridized carbons (Fsp3) is 0.304. The average molecular weight is 407 g/mol. The lowest BCUT2D eigenvalue weighted by Gasteiger charge is -2.36. The Kier molecular flexibility index (Phi) is 5.61. The van der Waals surface area contributed by atoms with Crippen LogP contribution in [0.1, 0.15) is 27.4 Å². The van der Waals surface area contributed by atoms with Gasteiger partial charge in [-0.25, -0.2) is 0 Å². The van der Waals surface area contributed by atoms with Gasteiger partial charge in [0.25, 0.3) is 5.91 Å². The van der Waals surface area contributed by atoms with E-state index >= 15 is 0 Å². The van der Waals surface area contributed by atoms with Gasteiger partial charge in [-0.15, -0.1) is 0 Å². The Hall–Kier alpha value is -3.48. The van der Waals surface area contributed by atoms with Gasteiger partial charge in [0.2, 0.25) is 0 Å². The molecule has 2 aromatic carbocycles. The van der Waals surface area contributed by atoms with E-state index in [1.165, 1.54) is 0 Å². The van der Waals surface area contributed by atoms with Crippen LogP contribution in [-0.4, -0.2) is 47.2 Å². The first-order chi connectivity index (χ1) is 14.5. The highest BCUT2D eigenvalue weighted by atomic mass is 16.5. The van der Waals surface area contributed by atoms with Crippen LogP contribution in [-0.2, 0) is 6.61 Å². The highest BCUT2D eigenvalue weighted by molar-refractivity contribution is 5.94. The number of piperazine rings is 1. The maximum absolute atomic E-state index is 13.0. The number of aromatic hydroxyl groups is 1. The van der Waals surface area contributed by atoms with Crippen molar-refractivity contribution in [3.8, 4) is 11.5 Å². The van der Waals surface area contributed by atoms with Crippen LogP contribution < -0.4 is 9.64 Å². The second-order valence-corrected chi connectivity index (χ2v) is 7.39. The standard InChI is InChI=1S/C23H25N3O4/c1-16-20(17(2)30-24-16)15-29-19-7-5-6-18(14-19)23(28)26-12-10-25(11-13-26)21-8-3-4-9-22(21)27/h3-9,14,27H,10-13,15H2,1-2H3. The van der Waals surface area contributed by atoms with Crippen LogP contribution in [0.4, 0.5) is 5.69 Å². The first-order valence-corrected chi connectivity index (χ1v) is 10.00. The number of ether oxygens (including phenoxy) is 1. The lowest BCUT2D eigenvalue weighted by molar-refractivity contribution is 0.0746. The van der Waals surface area contributed by atoms with Crippen molar-refractivity contribution in [2.24, 2.45) is 0 Å². The second kappa shape index (κ2) is 8.49. The van der Waals surface area contributed by atoms with Gasteiger partial charge in [-0.05, 0) is 44.2 Å². The van der Waals surface area contributed by atoms with Gasteiger partial charge in [-0.2, -0.15) is 0 Å². The average Bonchev–Trinajstić information content (AvgIpc) is 3.10. The van der Waals surface area contributed by atoms with Gasteiger partial charge in [0.05, 0.1) is 16.9 Å². The molecule has 0 aliphatic carbocycles. The number of rotatable bonds is 5. The molecular weight excluding hydrogens is 382 g/mol. The van der Waals surface area contributed by atoms with Gasteiger partial charge < -0.3 is 24.2 Å². The van der Waals surface area contributed by atoms with E-state index in [4.69, 9.17) is 9.26 Å². The maximum Gasteiger partial charge on any atom is 0.254 e. The lowest BCUT2D eigenvalue weighted by atomic mass is 10.1.